The first-order valence-corrected chi connectivity index (χ1v) is 11.8. The summed E-state index contributed by atoms with van der Waals surface area (Å²) in [6.45, 7) is 6.92. The molecule has 7 heteroatoms. The third-order valence-electron chi connectivity index (χ3n) is 6.09. The van der Waals surface area contributed by atoms with E-state index in [-0.39, 0.29) is 6.03 Å². The molecule has 1 N–H and O–H groups in total. The molecule has 2 heterocycles. The van der Waals surface area contributed by atoms with Crippen LogP contribution >= 0.6 is 0 Å². The molecule has 1 fully saturated rings. The first kappa shape index (κ1) is 23.2. The van der Waals surface area contributed by atoms with Gasteiger partial charge in [-0.2, -0.15) is 5.26 Å². The largest absolute Gasteiger partial charge is 0.354 e. The molecule has 0 saturated carbocycles. The molecule has 7 nitrogen and oxygen atoms in total. The summed E-state index contributed by atoms with van der Waals surface area (Å²) < 4.78 is 0. The second-order valence-electron chi connectivity index (χ2n) is 8.48. The Bertz CT molecular complexity index is 1170. The summed E-state index contributed by atoms with van der Waals surface area (Å²) in [5.74, 6) is 1.77. The minimum Gasteiger partial charge on any atom is -0.354 e. The Kier molecular flexibility index (Phi) is 7.38. The molecule has 0 aliphatic carbocycles. The van der Waals surface area contributed by atoms with Crippen LogP contribution in [0.5, 0.6) is 0 Å². The molecule has 2 aromatic carbocycles. The topological polar surface area (TPSA) is 85.2 Å². The standard InChI is InChI=1S/C27H30N6O/c1-3-25-24(18-21-8-5-4-6-9-21)26(30-20(2)29-25)32-14-7-15-33(17-16-32)27(34)31-23-12-10-22(19-28)11-13-23/h4-6,8-13H,3,7,14-18H2,1-2H3,(H,31,34). The van der Waals surface area contributed by atoms with Gasteiger partial charge in [0.05, 0.1) is 11.6 Å². The highest BCUT2D eigenvalue weighted by Gasteiger charge is 2.23. The molecule has 174 valence electrons. The fourth-order valence-corrected chi connectivity index (χ4v) is 4.34. The van der Waals surface area contributed by atoms with Crippen molar-refractivity contribution in [1.29, 1.82) is 5.26 Å². The van der Waals surface area contributed by atoms with Crippen molar-refractivity contribution in [2.45, 2.75) is 33.1 Å². The first-order valence-electron chi connectivity index (χ1n) is 11.8. The predicted octanol–water partition coefficient (Wildman–Crippen LogP) is 4.55. The molecule has 3 aromatic rings. The number of benzene rings is 2. The van der Waals surface area contributed by atoms with Crippen LogP contribution in [0.15, 0.2) is 54.6 Å². The summed E-state index contributed by atoms with van der Waals surface area (Å²) in [6.07, 6.45) is 2.50. The molecule has 1 aliphatic rings. The van der Waals surface area contributed by atoms with Crippen LogP contribution < -0.4 is 10.2 Å². The lowest BCUT2D eigenvalue weighted by Crippen LogP contribution is -2.38. The maximum Gasteiger partial charge on any atom is 0.321 e. The average Bonchev–Trinajstić information content (AvgIpc) is 3.12. The van der Waals surface area contributed by atoms with E-state index in [9.17, 15) is 4.79 Å². The molecule has 34 heavy (non-hydrogen) atoms. The molecular weight excluding hydrogens is 424 g/mol. The number of carbonyl (C=O) groups excluding carboxylic acids is 1. The van der Waals surface area contributed by atoms with Crippen LogP contribution in [0.4, 0.5) is 16.3 Å². The van der Waals surface area contributed by atoms with Crippen molar-refractivity contribution < 1.29 is 4.79 Å². The Morgan fingerprint density at radius 3 is 2.50 bits per heavy atom. The number of carbonyl (C=O) groups is 1. The first-order chi connectivity index (χ1) is 16.6. The van der Waals surface area contributed by atoms with E-state index < -0.39 is 0 Å². The number of hydrogen-bond acceptors (Lipinski definition) is 5. The predicted molar refractivity (Wildman–Crippen MR) is 134 cm³/mol. The van der Waals surface area contributed by atoms with E-state index in [0.717, 1.165) is 43.1 Å². The molecule has 1 aliphatic heterocycles. The molecule has 0 unspecified atom stereocenters. The molecule has 1 saturated heterocycles. The van der Waals surface area contributed by atoms with Gasteiger partial charge in [0.2, 0.25) is 0 Å². The molecule has 4 rings (SSSR count). The number of nitrogens with one attached hydrogen (secondary N) is 1. The minimum atomic E-state index is -0.121. The lowest BCUT2D eigenvalue weighted by atomic mass is 10.0. The van der Waals surface area contributed by atoms with Gasteiger partial charge in [0.25, 0.3) is 0 Å². The Hall–Kier alpha value is -3.92. The van der Waals surface area contributed by atoms with Crippen molar-refractivity contribution >= 4 is 17.5 Å². The van der Waals surface area contributed by atoms with Crippen molar-refractivity contribution in [3.05, 3.63) is 82.8 Å². The number of rotatable bonds is 5. The highest BCUT2D eigenvalue weighted by Crippen LogP contribution is 2.26. The maximum atomic E-state index is 12.9. The zero-order chi connectivity index (χ0) is 23.9. The second-order valence-corrected chi connectivity index (χ2v) is 8.48. The fraction of sp³-hybridized carbons (Fsp3) is 0.333. The zero-order valence-electron chi connectivity index (χ0n) is 19.8. The van der Waals surface area contributed by atoms with Gasteiger partial charge >= 0.3 is 6.03 Å². The van der Waals surface area contributed by atoms with E-state index in [2.05, 4.69) is 47.5 Å². The van der Waals surface area contributed by atoms with Crippen molar-refractivity contribution in [1.82, 2.24) is 14.9 Å². The van der Waals surface area contributed by atoms with Gasteiger partial charge in [0, 0.05) is 49.5 Å². The highest BCUT2D eigenvalue weighted by atomic mass is 16.2. The van der Waals surface area contributed by atoms with Crippen LogP contribution in [0.25, 0.3) is 0 Å². The molecular formula is C27H30N6O. The number of hydrogen-bond donors (Lipinski definition) is 1. The van der Waals surface area contributed by atoms with Crippen LogP contribution in [-0.2, 0) is 12.8 Å². The summed E-state index contributed by atoms with van der Waals surface area (Å²) >= 11 is 0. The lowest BCUT2D eigenvalue weighted by molar-refractivity contribution is 0.215. The minimum absolute atomic E-state index is 0.121. The lowest BCUT2D eigenvalue weighted by Gasteiger charge is -2.26. The van der Waals surface area contributed by atoms with Gasteiger partial charge in [-0.15, -0.1) is 0 Å². The molecule has 0 radical (unpaired) electrons. The van der Waals surface area contributed by atoms with Crippen molar-refractivity contribution in [2.75, 3.05) is 36.4 Å². The Balaban J connectivity index is 1.50. The number of anilines is 2. The number of nitriles is 1. The van der Waals surface area contributed by atoms with Crippen molar-refractivity contribution in [3.63, 3.8) is 0 Å². The van der Waals surface area contributed by atoms with Crippen LogP contribution in [-0.4, -0.2) is 47.1 Å². The summed E-state index contributed by atoms with van der Waals surface area (Å²) in [6, 6.07) is 19.3. The molecule has 0 atom stereocenters. The highest BCUT2D eigenvalue weighted by molar-refractivity contribution is 5.89. The van der Waals surface area contributed by atoms with Gasteiger partial charge in [-0.25, -0.2) is 14.8 Å². The van der Waals surface area contributed by atoms with Crippen LogP contribution in [0, 0.1) is 18.3 Å². The quantitative estimate of drug-likeness (QED) is 0.611. The van der Waals surface area contributed by atoms with Crippen molar-refractivity contribution in [3.8, 4) is 6.07 Å². The van der Waals surface area contributed by atoms with E-state index in [1.807, 2.05) is 17.9 Å². The third-order valence-corrected chi connectivity index (χ3v) is 6.09. The van der Waals surface area contributed by atoms with Gasteiger partial charge in [-0.1, -0.05) is 37.3 Å². The van der Waals surface area contributed by atoms with Crippen LogP contribution in [0.2, 0.25) is 0 Å². The van der Waals surface area contributed by atoms with Crippen LogP contribution in [0.1, 0.15) is 41.6 Å². The maximum absolute atomic E-state index is 12.9. The van der Waals surface area contributed by atoms with Gasteiger partial charge in [0.15, 0.2) is 0 Å². The van der Waals surface area contributed by atoms with E-state index in [1.54, 1.807) is 24.3 Å². The van der Waals surface area contributed by atoms with Gasteiger partial charge in [-0.05, 0) is 49.6 Å². The Morgan fingerprint density at radius 1 is 1.03 bits per heavy atom. The van der Waals surface area contributed by atoms with Crippen LogP contribution in [0.3, 0.4) is 0 Å². The molecule has 0 bridgehead atoms. The SMILES string of the molecule is CCc1nc(C)nc(N2CCCN(C(=O)Nc3ccc(C#N)cc3)CC2)c1Cc1ccccc1. The van der Waals surface area contributed by atoms with E-state index in [1.165, 1.54) is 11.1 Å². The number of aromatic nitrogens is 2. The van der Waals surface area contributed by atoms with Gasteiger partial charge in [0.1, 0.15) is 11.6 Å². The van der Waals surface area contributed by atoms with E-state index in [0.29, 0.717) is 30.9 Å². The normalized spacial score (nSPS) is 13.8. The van der Waals surface area contributed by atoms with E-state index >= 15 is 0 Å². The average molecular weight is 455 g/mol. The summed E-state index contributed by atoms with van der Waals surface area (Å²) in [4.78, 5) is 26.6. The Labute approximate surface area is 201 Å². The zero-order valence-corrected chi connectivity index (χ0v) is 19.8. The summed E-state index contributed by atoms with van der Waals surface area (Å²) in [5, 5.41) is 11.9. The Morgan fingerprint density at radius 2 is 1.79 bits per heavy atom. The molecule has 0 spiro atoms. The molecule has 1 aromatic heterocycles. The third kappa shape index (κ3) is 5.52. The second kappa shape index (κ2) is 10.8. The molecule has 2 amide bonds. The number of urea groups is 1. The summed E-state index contributed by atoms with van der Waals surface area (Å²) in [7, 11) is 0. The monoisotopic (exact) mass is 454 g/mol. The van der Waals surface area contributed by atoms with Gasteiger partial charge < -0.3 is 15.1 Å². The number of aryl methyl sites for hydroxylation is 2. The van der Waals surface area contributed by atoms with Gasteiger partial charge in [-0.3, -0.25) is 0 Å². The fourth-order valence-electron chi connectivity index (χ4n) is 4.34. The summed E-state index contributed by atoms with van der Waals surface area (Å²) in [5.41, 5.74) is 4.76. The number of amides is 2. The van der Waals surface area contributed by atoms with Crippen molar-refractivity contribution in [2.24, 2.45) is 0 Å². The number of nitrogens with zero attached hydrogens (tertiary/aromatic N) is 5. The smallest absolute Gasteiger partial charge is 0.321 e. The van der Waals surface area contributed by atoms with E-state index in [4.69, 9.17) is 15.2 Å².